The Morgan fingerprint density at radius 1 is 1.20 bits per heavy atom. The van der Waals surface area contributed by atoms with Gasteiger partial charge in [0, 0.05) is 10.9 Å². The first-order valence-electron chi connectivity index (χ1n) is 4.69. The molecule has 0 saturated heterocycles. The van der Waals surface area contributed by atoms with Crippen LogP contribution in [0.25, 0.3) is 10.9 Å². The minimum atomic E-state index is -0.530. The van der Waals surface area contributed by atoms with E-state index in [9.17, 15) is 4.79 Å². The molecule has 5 nitrogen and oxygen atoms in total. The second-order valence-corrected chi connectivity index (χ2v) is 3.52. The Morgan fingerprint density at radius 2 is 2.00 bits per heavy atom. The summed E-state index contributed by atoms with van der Waals surface area (Å²) in [6, 6.07) is 7.65. The van der Waals surface area contributed by atoms with E-state index in [-0.39, 0.29) is 5.91 Å². The molecule has 1 atom stereocenters. The SMILES string of the molecule is NC1NC(=O)c2c([nH]c3ccccc23)N1. The lowest BCUT2D eigenvalue weighted by Crippen LogP contribution is -2.50. The highest BCUT2D eigenvalue weighted by atomic mass is 16.2. The third kappa shape index (κ3) is 1.10. The van der Waals surface area contributed by atoms with Gasteiger partial charge in [-0.05, 0) is 6.07 Å². The number of aromatic nitrogens is 1. The third-order valence-electron chi connectivity index (χ3n) is 2.52. The first-order chi connectivity index (χ1) is 7.25. The van der Waals surface area contributed by atoms with Gasteiger partial charge in [0.05, 0.1) is 5.56 Å². The molecule has 1 aromatic heterocycles. The van der Waals surface area contributed by atoms with E-state index in [0.717, 1.165) is 10.9 Å². The van der Waals surface area contributed by atoms with Crippen molar-refractivity contribution >= 4 is 22.6 Å². The van der Waals surface area contributed by atoms with Crippen molar-refractivity contribution in [2.24, 2.45) is 5.73 Å². The summed E-state index contributed by atoms with van der Waals surface area (Å²) in [6.07, 6.45) is -0.530. The molecule has 15 heavy (non-hydrogen) atoms. The number of nitrogens with two attached hydrogens (primary N) is 1. The fraction of sp³-hybridized carbons (Fsp3) is 0.100. The zero-order chi connectivity index (χ0) is 10.4. The Labute approximate surface area is 85.6 Å². The summed E-state index contributed by atoms with van der Waals surface area (Å²) in [7, 11) is 0. The molecular weight excluding hydrogens is 192 g/mol. The summed E-state index contributed by atoms with van der Waals surface area (Å²) in [5.41, 5.74) is 7.16. The maximum atomic E-state index is 11.7. The van der Waals surface area contributed by atoms with Crippen molar-refractivity contribution in [2.75, 3.05) is 5.32 Å². The average molecular weight is 202 g/mol. The largest absolute Gasteiger partial charge is 0.341 e. The monoisotopic (exact) mass is 202 g/mol. The Morgan fingerprint density at radius 3 is 2.87 bits per heavy atom. The van der Waals surface area contributed by atoms with Crippen LogP contribution in [0.1, 0.15) is 10.4 Å². The molecule has 0 bridgehead atoms. The van der Waals surface area contributed by atoms with Crippen molar-refractivity contribution in [1.29, 1.82) is 0 Å². The van der Waals surface area contributed by atoms with Gasteiger partial charge in [-0.25, -0.2) is 0 Å². The van der Waals surface area contributed by atoms with Crippen molar-refractivity contribution in [1.82, 2.24) is 10.3 Å². The van der Waals surface area contributed by atoms with Crippen molar-refractivity contribution in [3.63, 3.8) is 0 Å². The molecule has 1 unspecified atom stereocenters. The summed E-state index contributed by atoms with van der Waals surface area (Å²) >= 11 is 0. The fourth-order valence-corrected chi connectivity index (χ4v) is 1.89. The van der Waals surface area contributed by atoms with Crippen LogP contribution in [-0.4, -0.2) is 17.2 Å². The third-order valence-corrected chi connectivity index (χ3v) is 2.52. The maximum absolute atomic E-state index is 11.7. The smallest absolute Gasteiger partial charge is 0.258 e. The van der Waals surface area contributed by atoms with Gasteiger partial charge in [-0.3, -0.25) is 10.5 Å². The van der Waals surface area contributed by atoms with Crippen LogP contribution in [-0.2, 0) is 0 Å². The van der Waals surface area contributed by atoms with Crippen LogP contribution >= 0.6 is 0 Å². The molecule has 0 radical (unpaired) electrons. The molecule has 1 aromatic carbocycles. The number of carbonyl (C=O) groups is 1. The van der Waals surface area contributed by atoms with Crippen LogP contribution in [0.4, 0.5) is 5.82 Å². The van der Waals surface area contributed by atoms with Gasteiger partial charge in [0.2, 0.25) is 0 Å². The van der Waals surface area contributed by atoms with E-state index in [0.29, 0.717) is 11.4 Å². The van der Waals surface area contributed by atoms with E-state index in [1.54, 1.807) is 0 Å². The molecule has 0 spiro atoms. The topological polar surface area (TPSA) is 82.9 Å². The standard InChI is InChI=1S/C10H10N4O/c11-10-13-8-7(9(15)14-10)5-3-1-2-4-6(5)12-8/h1-4,10,12-13H,11H2,(H,14,15). The van der Waals surface area contributed by atoms with Gasteiger partial charge < -0.3 is 15.6 Å². The molecule has 0 aliphatic carbocycles. The minimum Gasteiger partial charge on any atom is -0.341 e. The number of para-hydroxylation sites is 1. The predicted octanol–water partition coefficient (Wildman–Crippen LogP) is 0.565. The number of nitrogens with one attached hydrogen (secondary N) is 3. The fourth-order valence-electron chi connectivity index (χ4n) is 1.89. The average Bonchev–Trinajstić information content (AvgIpc) is 2.54. The maximum Gasteiger partial charge on any atom is 0.258 e. The van der Waals surface area contributed by atoms with E-state index in [4.69, 9.17) is 5.73 Å². The predicted molar refractivity (Wildman–Crippen MR) is 57.4 cm³/mol. The van der Waals surface area contributed by atoms with E-state index >= 15 is 0 Å². The molecular formula is C10H10N4O. The minimum absolute atomic E-state index is 0.145. The van der Waals surface area contributed by atoms with E-state index in [2.05, 4.69) is 15.6 Å². The van der Waals surface area contributed by atoms with E-state index < -0.39 is 6.29 Å². The normalized spacial score (nSPS) is 19.5. The van der Waals surface area contributed by atoms with Crippen LogP contribution in [0.15, 0.2) is 24.3 Å². The number of fused-ring (bicyclic) bond motifs is 3. The van der Waals surface area contributed by atoms with Crippen LogP contribution in [0.5, 0.6) is 0 Å². The zero-order valence-corrected chi connectivity index (χ0v) is 7.87. The number of anilines is 1. The van der Waals surface area contributed by atoms with Gasteiger partial charge in [-0.15, -0.1) is 0 Å². The quantitative estimate of drug-likeness (QED) is 0.504. The number of benzene rings is 1. The molecule has 2 heterocycles. The Hall–Kier alpha value is -2.01. The lowest BCUT2D eigenvalue weighted by atomic mass is 10.1. The molecule has 1 amide bonds. The summed E-state index contributed by atoms with van der Waals surface area (Å²) in [5.74, 6) is 0.543. The van der Waals surface area contributed by atoms with Crippen LogP contribution < -0.4 is 16.4 Å². The molecule has 1 aliphatic rings. The van der Waals surface area contributed by atoms with E-state index in [1.807, 2.05) is 24.3 Å². The van der Waals surface area contributed by atoms with Crippen molar-refractivity contribution in [3.05, 3.63) is 29.8 Å². The van der Waals surface area contributed by atoms with Crippen molar-refractivity contribution < 1.29 is 4.79 Å². The first kappa shape index (κ1) is 8.31. The van der Waals surface area contributed by atoms with E-state index in [1.165, 1.54) is 0 Å². The van der Waals surface area contributed by atoms with Gasteiger partial charge in [0.25, 0.3) is 5.91 Å². The Balaban J connectivity index is 2.32. The van der Waals surface area contributed by atoms with Crippen LogP contribution in [0.3, 0.4) is 0 Å². The highest BCUT2D eigenvalue weighted by Gasteiger charge is 2.25. The Kier molecular flexibility index (Phi) is 1.52. The highest BCUT2D eigenvalue weighted by Crippen LogP contribution is 2.27. The number of carbonyl (C=O) groups excluding carboxylic acids is 1. The lowest BCUT2D eigenvalue weighted by Gasteiger charge is -2.21. The Bertz CT molecular complexity index is 545. The molecule has 2 aromatic rings. The molecule has 5 N–H and O–H groups in total. The molecule has 0 fully saturated rings. The number of rotatable bonds is 0. The van der Waals surface area contributed by atoms with Gasteiger partial charge >= 0.3 is 0 Å². The second-order valence-electron chi connectivity index (χ2n) is 3.52. The summed E-state index contributed by atoms with van der Waals surface area (Å²) in [6.45, 7) is 0. The van der Waals surface area contributed by atoms with Gasteiger partial charge in [0.1, 0.15) is 5.82 Å². The molecule has 76 valence electrons. The highest BCUT2D eigenvalue weighted by molar-refractivity contribution is 6.12. The molecule has 3 rings (SSSR count). The lowest BCUT2D eigenvalue weighted by molar-refractivity contribution is 0.0939. The second kappa shape index (κ2) is 2.74. The van der Waals surface area contributed by atoms with Crippen molar-refractivity contribution in [3.8, 4) is 0 Å². The molecule has 5 heteroatoms. The number of hydrogen-bond acceptors (Lipinski definition) is 3. The number of amides is 1. The number of hydrogen-bond donors (Lipinski definition) is 4. The number of aromatic amines is 1. The summed E-state index contributed by atoms with van der Waals surface area (Å²) < 4.78 is 0. The summed E-state index contributed by atoms with van der Waals surface area (Å²) in [5, 5.41) is 6.50. The first-order valence-corrected chi connectivity index (χ1v) is 4.69. The van der Waals surface area contributed by atoms with Gasteiger partial charge in [0.15, 0.2) is 6.29 Å². The van der Waals surface area contributed by atoms with Crippen molar-refractivity contribution in [2.45, 2.75) is 6.29 Å². The number of H-pyrrole nitrogens is 1. The molecule has 0 saturated carbocycles. The van der Waals surface area contributed by atoms with Gasteiger partial charge in [-0.2, -0.15) is 0 Å². The zero-order valence-electron chi connectivity index (χ0n) is 7.87. The molecule has 1 aliphatic heterocycles. The summed E-state index contributed by atoms with van der Waals surface area (Å²) in [4.78, 5) is 14.8. The van der Waals surface area contributed by atoms with Crippen LogP contribution in [0.2, 0.25) is 0 Å². The van der Waals surface area contributed by atoms with Gasteiger partial charge in [-0.1, -0.05) is 18.2 Å². The van der Waals surface area contributed by atoms with Crippen LogP contribution in [0, 0.1) is 0 Å².